The molecular weight excluding hydrogens is 288 g/mol. The highest BCUT2D eigenvalue weighted by Crippen LogP contribution is 2.19. The van der Waals surface area contributed by atoms with Crippen LogP contribution in [0.4, 0.5) is 0 Å². The minimum atomic E-state index is 0.337. The largest absolute Gasteiger partial charge is 0.332 e. The lowest BCUT2D eigenvalue weighted by atomic mass is 10.3. The summed E-state index contributed by atoms with van der Waals surface area (Å²) in [5.74, 6) is 1.14. The third kappa shape index (κ3) is 1.94. The molecular formula is C9H5BrN6O. The molecule has 0 bridgehead atoms. The summed E-state index contributed by atoms with van der Waals surface area (Å²) >= 11 is 3.30. The van der Waals surface area contributed by atoms with Gasteiger partial charge in [0.1, 0.15) is 12.0 Å². The van der Waals surface area contributed by atoms with Crippen LogP contribution in [0.5, 0.6) is 0 Å². The van der Waals surface area contributed by atoms with Gasteiger partial charge in [-0.15, -0.1) is 0 Å². The van der Waals surface area contributed by atoms with E-state index in [0.29, 0.717) is 23.2 Å². The molecule has 84 valence electrons. The van der Waals surface area contributed by atoms with Crippen molar-refractivity contribution in [1.29, 1.82) is 0 Å². The van der Waals surface area contributed by atoms with Crippen LogP contribution in [0, 0.1) is 0 Å². The maximum atomic E-state index is 5.09. The van der Waals surface area contributed by atoms with Crippen molar-refractivity contribution in [3.8, 4) is 23.2 Å². The average Bonchev–Trinajstić information content (AvgIpc) is 3.00. The highest BCUT2D eigenvalue weighted by Gasteiger charge is 2.13. The Morgan fingerprint density at radius 3 is 2.88 bits per heavy atom. The first kappa shape index (κ1) is 10.1. The van der Waals surface area contributed by atoms with Gasteiger partial charge in [0, 0.05) is 10.7 Å². The van der Waals surface area contributed by atoms with Crippen molar-refractivity contribution in [3.63, 3.8) is 0 Å². The monoisotopic (exact) mass is 292 g/mol. The summed E-state index contributed by atoms with van der Waals surface area (Å²) in [6.07, 6.45) is 3.04. The molecule has 0 spiro atoms. The molecule has 3 aromatic rings. The molecule has 0 amide bonds. The van der Waals surface area contributed by atoms with E-state index in [9.17, 15) is 0 Å². The van der Waals surface area contributed by atoms with E-state index in [2.05, 4.69) is 46.2 Å². The fraction of sp³-hybridized carbons (Fsp3) is 0. The van der Waals surface area contributed by atoms with Gasteiger partial charge >= 0.3 is 0 Å². The standard InChI is InChI=1S/C9H5BrN6O/c10-5-1-2-6(11-3-5)9-14-8(16-17-9)7-12-4-13-15-7/h1-4H,(H,12,13,15). The maximum absolute atomic E-state index is 5.09. The van der Waals surface area contributed by atoms with Crippen LogP contribution in [-0.4, -0.2) is 30.3 Å². The molecule has 1 N–H and O–H groups in total. The number of aromatic amines is 1. The van der Waals surface area contributed by atoms with Crippen molar-refractivity contribution >= 4 is 15.9 Å². The van der Waals surface area contributed by atoms with Crippen molar-refractivity contribution in [2.24, 2.45) is 0 Å². The lowest BCUT2D eigenvalue weighted by Crippen LogP contribution is -1.85. The van der Waals surface area contributed by atoms with Crippen molar-refractivity contribution in [2.75, 3.05) is 0 Å². The van der Waals surface area contributed by atoms with E-state index in [1.165, 1.54) is 6.33 Å². The Balaban J connectivity index is 1.98. The number of rotatable bonds is 2. The molecule has 0 aliphatic carbocycles. The maximum Gasteiger partial charge on any atom is 0.276 e. The van der Waals surface area contributed by atoms with Crippen LogP contribution in [-0.2, 0) is 0 Å². The van der Waals surface area contributed by atoms with E-state index in [1.807, 2.05) is 6.07 Å². The Morgan fingerprint density at radius 1 is 1.24 bits per heavy atom. The Hall–Kier alpha value is -2.09. The van der Waals surface area contributed by atoms with Gasteiger partial charge in [0.15, 0.2) is 5.82 Å². The third-order valence-electron chi connectivity index (χ3n) is 2.00. The summed E-state index contributed by atoms with van der Waals surface area (Å²) in [6, 6.07) is 3.63. The van der Waals surface area contributed by atoms with E-state index in [4.69, 9.17) is 4.52 Å². The second-order valence-electron chi connectivity index (χ2n) is 3.12. The molecule has 0 saturated carbocycles. The second-order valence-corrected chi connectivity index (χ2v) is 4.03. The molecule has 0 saturated heterocycles. The molecule has 3 rings (SSSR count). The SMILES string of the molecule is Brc1ccc(-c2nc(-c3ncn[nH]3)no2)nc1. The minimum Gasteiger partial charge on any atom is -0.332 e. The smallest absolute Gasteiger partial charge is 0.276 e. The molecule has 3 aromatic heterocycles. The molecule has 7 nitrogen and oxygen atoms in total. The van der Waals surface area contributed by atoms with Gasteiger partial charge in [-0.3, -0.25) is 5.10 Å². The highest BCUT2D eigenvalue weighted by atomic mass is 79.9. The van der Waals surface area contributed by atoms with Gasteiger partial charge in [0.2, 0.25) is 5.82 Å². The summed E-state index contributed by atoms with van der Waals surface area (Å²) in [5, 5.41) is 10.2. The molecule has 0 fully saturated rings. The Labute approximate surface area is 103 Å². The number of H-pyrrole nitrogens is 1. The van der Waals surface area contributed by atoms with E-state index in [-0.39, 0.29) is 0 Å². The van der Waals surface area contributed by atoms with Crippen molar-refractivity contribution < 1.29 is 4.52 Å². The average molecular weight is 293 g/mol. The summed E-state index contributed by atoms with van der Waals surface area (Å²) in [7, 11) is 0. The zero-order chi connectivity index (χ0) is 11.7. The molecule has 17 heavy (non-hydrogen) atoms. The van der Waals surface area contributed by atoms with Gasteiger partial charge in [-0.1, -0.05) is 5.16 Å². The zero-order valence-electron chi connectivity index (χ0n) is 8.33. The van der Waals surface area contributed by atoms with Gasteiger partial charge in [0.05, 0.1) is 0 Å². The van der Waals surface area contributed by atoms with Crippen LogP contribution in [0.25, 0.3) is 23.2 Å². The quantitative estimate of drug-likeness (QED) is 0.772. The number of nitrogens with zero attached hydrogens (tertiary/aromatic N) is 5. The molecule has 0 atom stereocenters. The highest BCUT2D eigenvalue weighted by molar-refractivity contribution is 9.10. The van der Waals surface area contributed by atoms with Crippen molar-refractivity contribution in [1.82, 2.24) is 30.3 Å². The van der Waals surface area contributed by atoms with E-state index in [1.54, 1.807) is 12.3 Å². The van der Waals surface area contributed by atoms with E-state index in [0.717, 1.165) is 4.47 Å². The molecule has 0 aliphatic heterocycles. The molecule has 3 heterocycles. The van der Waals surface area contributed by atoms with Gasteiger partial charge in [-0.2, -0.15) is 10.1 Å². The molecule has 0 unspecified atom stereocenters. The molecule has 8 heteroatoms. The predicted molar refractivity (Wildman–Crippen MR) is 60.6 cm³/mol. The minimum absolute atomic E-state index is 0.337. The first-order valence-corrected chi connectivity index (χ1v) is 5.43. The summed E-state index contributed by atoms with van der Waals surface area (Å²) in [6.45, 7) is 0. The van der Waals surface area contributed by atoms with E-state index < -0.39 is 0 Å². The lowest BCUT2D eigenvalue weighted by Gasteiger charge is -1.92. The third-order valence-corrected chi connectivity index (χ3v) is 2.47. The van der Waals surface area contributed by atoms with Crippen molar-refractivity contribution in [2.45, 2.75) is 0 Å². The zero-order valence-corrected chi connectivity index (χ0v) is 9.92. The number of pyridine rings is 1. The Kier molecular flexibility index (Phi) is 2.41. The van der Waals surface area contributed by atoms with Crippen LogP contribution in [0.2, 0.25) is 0 Å². The van der Waals surface area contributed by atoms with Crippen LogP contribution in [0.1, 0.15) is 0 Å². The fourth-order valence-corrected chi connectivity index (χ4v) is 1.47. The van der Waals surface area contributed by atoms with Crippen LogP contribution in [0.15, 0.2) is 33.7 Å². The van der Waals surface area contributed by atoms with E-state index >= 15 is 0 Å². The summed E-state index contributed by atoms with van der Waals surface area (Å²) in [4.78, 5) is 12.2. The molecule has 0 aromatic carbocycles. The first-order chi connectivity index (χ1) is 8.33. The van der Waals surface area contributed by atoms with Crippen LogP contribution >= 0.6 is 15.9 Å². The predicted octanol–water partition coefficient (Wildman–Crippen LogP) is 1.68. The van der Waals surface area contributed by atoms with Gasteiger partial charge in [-0.05, 0) is 28.1 Å². The Morgan fingerprint density at radius 2 is 2.18 bits per heavy atom. The molecule has 0 radical (unpaired) electrons. The number of nitrogens with one attached hydrogen (secondary N) is 1. The van der Waals surface area contributed by atoms with Gasteiger partial charge in [0.25, 0.3) is 5.89 Å². The summed E-state index contributed by atoms with van der Waals surface area (Å²) in [5.41, 5.74) is 0.603. The number of hydrogen-bond donors (Lipinski definition) is 1. The first-order valence-electron chi connectivity index (χ1n) is 4.64. The number of aromatic nitrogens is 6. The number of halogens is 1. The lowest BCUT2D eigenvalue weighted by molar-refractivity contribution is 0.430. The van der Waals surface area contributed by atoms with Crippen LogP contribution < -0.4 is 0 Å². The normalized spacial score (nSPS) is 10.6. The topological polar surface area (TPSA) is 93.4 Å². The second kappa shape index (κ2) is 4.06. The molecule has 0 aliphatic rings. The Bertz CT molecular complexity index is 617. The van der Waals surface area contributed by atoms with Crippen molar-refractivity contribution in [3.05, 3.63) is 29.1 Å². The summed E-state index contributed by atoms with van der Waals surface area (Å²) < 4.78 is 5.97. The van der Waals surface area contributed by atoms with Crippen LogP contribution in [0.3, 0.4) is 0 Å². The fourth-order valence-electron chi connectivity index (χ4n) is 1.24. The van der Waals surface area contributed by atoms with Gasteiger partial charge in [-0.25, -0.2) is 9.97 Å². The van der Waals surface area contributed by atoms with Gasteiger partial charge < -0.3 is 4.52 Å². The number of hydrogen-bond acceptors (Lipinski definition) is 6.